The Kier molecular flexibility index (Phi) is 6.48. The van der Waals surface area contributed by atoms with Crippen molar-refractivity contribution in [1.82, 2.24) is 9.13 Å². The SMILES string of the molecule is COc1cc2c(=O)n(C[C@@H]3CCCO3)c(=O)n(CC(=O)c3ccc(Br)cc3)c2cc1OC. The molecular weight excluding hydrogens is 480 g/mol. The molecule has 2 aromatic carbocycles. The Labute approximate surface area is 192 Å². The van der Waals surface area contributed by atoms with Crippen molar-refractivity contribution in [3.05, 3.63) is 67.3 Å². The van der Waals surface area contributed by atoms with E-state index >= 15 is 0 Å². The Balaban J connectivity index is 1.89. The van der Waals surface area contributed by atoms with E-state index in [4.69, 9.17) is 14.2 Å². The fourth-order valence-corrected chi connectivity index (χ4v) is 4.18. The number of Topliss-reactive ketones (excluding diaryl/α,β-unsaturated/α-hetero) is 1. The monoisotopic (exact) mass is 502 g/mol. The number of hydrogen-bond donors (Lipinski definition) is 0. The summed E-state index contributed by atoms with van der Waals surface area (Å²) in [6.07, 6.45) is 1.44. The molecule has 1 saturated heterocycles. The van der Waals surface area contributed by atoms with Crippen LogP contribution in [0.2, 0.25) is 0 Å². The van der Waals surface area contributed by atoms with E-state index in [1.54, 1.807) is 36.4 Å². The van der Waals surface area contributed by atoms with Gasteiger partial charge in [-0.3, -0.25) is 18.7 Å². The Hall–Kier alpha value is -2.91. The van der Waals surface area contributed by atoms with Crippen LogP contribution in [0.3, 0.4) is 0 Å². The minimum Gasteiger partial charge on any atom is -0.493 e. The normalized spacial score (nSPS) is 15.8. The van der Waals surface area contributed by atoms with Crippen LogP contribution >= 0.6 is 15.9 Å². The molecule has 0 spiro atoms. The fourth-order valence-electron chi connectivity index (χ4n) is 3.92. The van der Waals surface area contributed by atoms with Crippen LogP contribution in [0, 0.1) is 0 Å². The number of fused-ring (bicyclic) bond motifs is 1. The number of benzene rings is 2. The molecule has 1 atom stereocenters. The predicted octanol–water partition coefficient (Wildman–Crippen LogP) is 3.00. The van der Waals surface area contributed by atoms with Crippen LogP contribution < -0.4 is 20.7 Å². The summed E-state index contributed by atoms with van der Waals surface area (Å²) >= 11 is 3.35. The summed E-state index contributed by atoms with van der Waals surface area (Å²) in [5.41, 5.74) is -0.234. The van der Waals surface area contributed by atoms with Crippen molar-refractivity contribution < 1.29 is 19.0 Å². The van der Waals surface area contributed by atoms with Gasteiger partial charge in [-0.05, 0) is 31.0 Å². The van der Waals surface area contributed by atoms with Gasteiger partial charge in [-0.25, -0.2) is 4.79 Å². The second kappa shape index (κ2) is 9.30. The van der Waals surface area contributed by atoms with Gasteiger partial charge in [0, 0.05) is 22.7 Å². The van der Waals surface area contributed by atoms with E-state index in [-0.39, 0.29) is 30.4 Å². The van der Waals surface area contributed by atoms with E-state index in [1.807, 2.05) is 0 Å². The van der Waals surface area contributed by atoms with Crippen molar-refractivity contribution in [2.45, 2.75) is 32.0 Å². The summed E-state index contributed by atoms with van der Waals surface area (Å²) in [5.74, 6) is 0.476. The second-order valence-corrected chi connectivity index (χ2v) is 8.49. The van der Waals surface area contributed by atoms with Crippen LogP contribution in [0.5, 0.6) is 11.5 Å². The highest BCUT2D eigenvalue weighted by Crippen LogP contribution is 2.30. The summed E-state index contributed by atoms with van der Waals surface area (Å²) in [6.45, 7) is 0.515. The van der Waals surface area contributed by atoms with Crippen molar-refractivity contribution in [3.63, 3.8) is 0 Å². The highest BCUT2D eigenvalue weighted by atomic mass is 79.9. The molecule has 2 heterocycles. The first-order valence-corrected chi connectivity index (χ1v) is 11.0. The van der Waals surface area contributed by atoms with E-state index in [2.05, 4.69) is 15.9 Å². The zero-order chi connectivity index (χ0) is 22.8. The third-order valence-corrected chi connectivity index (χ3v) is 6.14. The second-order valence-electron chi connectivity index (χ2n) is 7.57. The number of carbonyl (C=O) groups is 1. The van der Waals surface area contributed by atoms with Crippen LogP contribution in [-0.2, 0) is 17.8 Å². The first-order valence-electron chi connectivity index (χ1n) is 10.2. The molecule has 1 aromatic heterocycles. The molecule has 0 unspecified atom stereocenters. The van der Waals surface area contributed by atoms with E-state index in [0.29, 0.717) is 29.2 Å². The lowest BCUT2D eigenvalue weighted by molar-refractivity contribution is 0.0939. The maximum atomic E-state index is 13.4. The molecule has 4 rings (SSSR count). The topological polar surface area (TPSA) is 88.8 Å². The molecule has 0 aliphatic carbocycles. The van der Waals surface area contributed by atoms with E-state index < -0.39 is 11.2 Å². The van der Waals surface area contributed by atoms with Gasteiger partial charge in [0.2, 0.25) is 0 Å². The Morgan fingerprint density at radius 3 is 2.41 bits per heavy atom. The molecule has 1 aliphatic rings. The van der Waals surface area contributed by atoms with Crippen LogP contribution in [-0.4, -0.2) is 41.8 Å². The lowest BCUT2D eigenvalue weighted by Gasteiger charge is -2.17. The standard InChI is InChI=1S/C23H23BrN2O6/c1-30-20-10-17-18(11-21(20)31-2)25(13-19(27)14-5-7-15(24)8-6-14)23(29)26(22(17)28)12-16-4-3-9-32-16/h5-8,10-11,16H,3-4,9,12-13H2,1-2H3/t16-/m0/s1. The van der Waals surface area contributed by atoms with Crippen LogP contribution in [0.4, 0.5) is 0 Å². The zero-order valence-electron chi connectivity index (χ0n) is 17.8. The van der Waals surface area contributed by atoms with Gasteiger partial charge in [0.25, 0.3) is 5.56 Å². The number of carbonyl (C=O) groups excluding carboxylic acids is 1. The van der Waals surface area contributed by atoms with Crippen molar-refractivity contribution in [3.8, 4) is 11.5 Å². The fraction of sp³-hybridized carbons (Fsp3) is 0.348. The van der Waals surface area contributed by atoms with Gasteiger partial charge in [0.15, 0.2) is 17.3 Å². The molecule has 8 nitrogen and oxygen atoms in total. The maximum Gasteiger partial charge on any atom is 0.331 e. The number of nitrogens with zero attached hydrogens (tertiary/aromatic N) is 2. The molecule has 3 aromatic rings. The summed E-state index contributed by atoms with van der Waals surface area (Å²) in [6, 6.07) is 10.0. The molecule has 1 fully saturated rings. The number of hydrogen-bond acceptors (Lipinski definition) is 6. The van der Waals surface area contributed by atoms with Gasteiger partial charge in [-0.2, -0.15) is 0 Å². The summed E-state index contributed by atoms with van der Waals surface area (Å²) in [5, 5.41) is 0.267. The summed E-state index contributed by atoms with van der Waals surface area (Å²) in [7, 11) is 2.94. The molecular formula is C23H23BrN2O6. The van der Waals surface area contributed by atoms with E-state index in [0.717, 1.165) is 21.9 Å². The Morgan fingerprint density at radius 1 is 1.09 bits per heavy atom. The van der Waals surface area contributed by atoms with Crippen molar-refractivity contribution in [2.24, 2.45) is 0 Å². The van der Waals surface area contributed by atoms with Crippen molar-refractivity contribution in [1.29, 1.82) is 0 Å². The number of halogens is 1. The number of ether oxygens (including phenoxy) is 3. The van der Waals surface area contributed by atoms with E-state index in [1.165, 1.54) is 18.8 Å². The minimum absolute atomic E-state index is 0.133. The highest BCUT2D eigenvalue weighted by Gasteiger charge is 2.23. The molecule has 0 radical (unpaired) electrons. The van der Waals surface area contributed by atoms with Gasteiger partial charge < -0.3 is 14.2 Å². The molecule has 168 valence electrons. The zero-order valence-corrected chi connectivity index (χ0v) is 19.4. The molecule has 9 heteroatoms. The average molecular weight is 503 g/mol. The average Bonchev–Trinajstić information content (AvgIpc) is 3.32. The van der Waals surface area contributed by atoms with Gasteiger partial charge in [-0.15, -0.1) is 0 Å². The lowest BCUT2D eigenvalue weighted by Crippen LogP contribution is -2.43. The van der Waals surface area contributed by atoms with Gasteiger partial charge in [-0.1, -0.05) is 28.1 Å². The Morgan fingerprint density at radius 2 is 1.78 bits per heavy atom. The quantitative estimate of drug-likeness (QED) is 0.461. The number of rotatable bonds is 7. The smallest absolute Gasteiger partial charge is 0.331 e. The van der Waals surface area contributed by atoms with E-state index in [9.17, 15) is 14.4 Å². The van der Waals surface area contributed by atoms with Crippen LogP contribution in [0.25, 0.3) is 10.9 Å². The third kappa shape index (κ3) is 4.22. The Bertz CT molecular complexity index is 1270. The summed E-state index contributed by atoms with van der Waals surface area (Å²) in [4.78, 5) is 39.7. The molecule has 0 saturated carbocycles. The summed E-state index contributed by atoms with van der Waals surface area (Å²) < 4.78 is 19.7. The molecule has 0 amide bonds. The van der Waals surface area contributed by atoms with Gasteiger partial charge >= 0.3 is 5.69 Å². The number of methoxy groups -OCH3 is 2. The molecule has 0 N–H and O–H groups in total. The lowest BCUT2D eigenvalue weighted by atomic mass is 10.1. The molecule has 1 aliphatic heterocycles. The molecule has 0 bridgehead atoms. The van der Waals surface area contributed by atoms with Crippen LogP contribution in [0.15, 0.2) is 50.5 Å². The maximum absolute atomic E-state index is 13.4. The van der Waals surface area contributed by atoms with Crippen LogP contribution in [0.1, 0.15) is 23.2 Å². The largest absolute Gasteiger partial charge is 0.493 e. The first kappa shape index (κ1) is 22.3. The minimum atomic E-state index is -0.560. The first-order chi connectivity index (χ1) is 15.4. The number of ketones is 1. The van der Waals surface area contributed by atoms with Crippen molar-refractivity contribution >= 4 is 32.6 Å². The molecule has 32 heavy (non-hydrogen) atoms. The van der Waals surface area contributed by atoms with Crippen molar-refractivity contribution in [2.75, 3.05) is 20.8 Å². The number of aromatic nitrogens is 2. The van der Waals surface area contributed by atoms with Gasteiger partial charge in [0.1, 0.15) is 0 Å². The predicted molar refractivity (Wildman–Crippen MR) is 123 cm³/mol. The van der Waals surface area contributed by atoms with Gasteiger partial charge in [0.05, 0.1) is 44.3 Å². The highest BCUT2D eigenvalue weighted by molar-refractivity contribution is 9.10. The third-order valence-electron chi connectivity index (χ3n) is 5.61.